The van der Waals surface area contributed by atoms with E-state index >= 15 is 0 Å². The summed E-state index contributed by atoms with van der Waals surface area (Å²) in [6, 6.07) is 12.4. The van der Waals surface area contributed by atoms with E-state index in [0.717, 1.165) is 0 Å². The number of ether oxygens (including phenoxy) is 1. The number of para-hydroxylation sites is 1. The van der Waals surface area contributed by atoms with Crippen LogP contribution in [0, 0.1) is 5.82 Å². The Labute approximate surface area is 154 Å². The normalized spacial score (nSPS) is 10.1. The molecule has 0 bridgehead atoms. The Bertz CT molecular complexity index is 959. The van der Waals surface area contributed by atoms with Crippen molar-refractivity contribution in [1.82, 2.24) is 9.97 Å². The topological polar surface area (TPSA) is 93.2 Å². The molecule has 0 aliphatic rings. The minimum Gasteiger partial charge on any atom is -0.465 e. The summed E-state index contributed by atoms with van der Waals surface area (Å²) in [5, 5.41) is 5.43. The molecular weight excluding hydrogens is 351 g/mol. The van der Waals surface area contributed by atoms with Crippen LogP contribution in [0.3, 0.4) is 0 Å². The summed E-state index contributed by atoms with van der Waals surface area (Å²) >= 11 is 0. The highest BCUT2D eigenvalue weighted by Gasteiger charge is 2.10. The van der Waals surface area contributed by atoms with E-state index in [0.29, 0.717) is 17.1 Å². The van der Waals surface area contributed by atoms with E-state index in [-0.39, 0.29) is 11.4 Å². The minimum atomic E-state index is -0.467. The van der Waals surface area contributed by atoms with Gasteiger partial charge in [0.25, 0.3) is 5.91 Å². The van der Waals surface area contributed by atoms with E-state index in [9.17, 15) is 14.0 Å². The van der Waals surface area contributed by atoms with E-state index in [1.54, 1.807) is 30.3 Å². The second-order valence-corrected chi connectivity index (χ2v) is 5.41. The second-order valence-electron chi connectivity index (χ2n) is 5.41. The van der Waals surface area contributed by atoms with Crippen LogP contribution in [0.15, 0.2) is 60.9 Å². The fraction of sp³-hybridized carbons (Fsp3) is 0.0526. The summed E-state index contributed by atoms with van der Waals surface area (Å²) in [6.07, 6.45) is 2.61. The molecule has 27 heavy (non-hydrogen) atoms. The van der Waals surface area contributed by atoms with Crippen molar-refractivity contribution in [3.05, 3.63) is 78.0 Å². The third-order valence-corrected chi connectivity index (χ3v) is 3.58. The maximum atomic E-state index is 13.6. The van der Waals surface area contributed by atoms with Crippen molar-refractivity contribution < 1.29 is 18.7 Å². The average molecular weight is 366 g/mol. The molecule has 0 fully saturated rings. The van der Waals surface area contributed by atoms with Gasteiger partial charge in [0.2, 0.25) is 0 Å². The molecule has 136 valence electrons. The van der Waals surface area contributed by atoms with Crippen molar-refractivity contribution in [2.75, 3.05) is 17.7 Å². The molecule has 2 N–H and O–H groups in total. The van der Waals surface area contributed by atoms with Gasteiger partial charge in [0.15, 0.2) is 0 Å². The fourth-order valence-electron chi connectivity index (χ4n) is 2.21. The highest BCUT2D eigenvalue weighted by molar-refractivity contribution is 6.03. The van der Waals surface area contributed by atoms with Gasteiger partial charge in [0, 0.05) is 5.69 Å². The number of esters is 1. The van der Waals surface area contributed by atoms with Gasteiger partial charge in [-0.2, -0.15) is 0 Å². The van der Waals surface area contributed by atoms with Crippen LogP contribution >= 0.6 is 0 Å². The molecule has 0 aliphatic heterocycles. The second kappa shape index (κ2) is 8.05. The summed E-state index contributed by atoms with van der Waals surface area (Å²) < 4.78 is 18.2. The van der Waals surface area contributed by atoms with Crippen molar-refractivity contribution >= 4 is 29.1 Å². The maximum absolute atomic E-state index is 13.6. The largest absolute Gasteiger partial charge is 0.465 e. The number of amides is 1. The van der Waals surface area contributed by atoms with E-state index in [2.05, 4.69) is 25.3 Å². The zero-order valence-corrected chi connectivity index (χ0v) is 14.3. The van der Waals surface area contributed by atoms with Gasteiger partial charge in [-0.1, -0.05) is 12.1 Å². The van der Waals surface area contributed by atoms with E-state index in [4.69, 9.17) is 0 Å². The van der Waals surface area contributed by atoms with Crippen LogP contribution < -0.4 is 10.6 Å². The Balaban J connectivity index is 1.65. The number of rotatable bonds is 5. The predicted molar refractivity (Wildman–Crippen MR) is 97.4 cm³/mol. The molecule has 2 aromatic carbocycles. The lowest BCUT2D eigenvalue weighted by Gasteiger charge is -2.08. The van der Waals surface area contributed by atoms with Crippen LogP contribution in [0.25, 0.3) is 0 Å². The van der Waals surface area contributed by atoms with Crippen molar-refractivity contribution in [2.45, 2.75) is 0 Å². The van der Waals surface area contributed by atoms with Gasteiger partial charge in [0.1, 0.15) is 17.3 Å². The Morgan fingerprint density at radius 1 is 1.00 bits per heavy atom. The maximum Gasteiger partial charge on any atom is 0.337 e. The van der Waals surface area contributed by atoms with Gasteiger partial charge in [-0.05, 0) is 36.4 Å². The number of hydrogen-bond donors (Lipinski definition) is 2. The monoisotopic (exact) mass is 366 g/mol. The molecule has 0 aliphatic carbocycles. The lowest BCUT2D eigenvalue weighted by Crippen LogP contribution is -2.14. The van der Waals surface area contributed by atoms with Crippen molar-refractivity contribution in [1.29, 1.82) is 0 Å². The molecule has 0 unspecified atom stereocenters. The van der Waals surface area contributed by atoms with Gasteiger partial charge in [0.05, 0.1) is 30.8 Å². The van der Waals surface area contributed by atoms with Crippen LogP contribution in [0.2, 0.25) is 0 Å². The number of nitrogens with one attached hydrogen (secondary N) is 2. The Morgan fingerprint density at radius 2 is 1.74 bits per heavy atom. The standard InChI is InChI=1S/C19H15FN4O3/c1-27-19(26)12-6-8-13(9-7-12)23-18(25)16-10-22-17(11-21-16)24-15-5-3-2-4-14(15)20/h2-11H,1H3,(H,22,24)(H,23,25). The lowest BCUT2D eigenvalue weighted by molar-refractivity contribution is 0.0600. The first kappa shape index (κ1) is 18.0. The molecule has 1 aromatic heterocycles. The number of benzene rings is 2. The number of carbonyl (C=O) groups is 2. The number of nitrogens with zero attached hydrogens (tertiary/aromatic N) is 2. The number of hydrogen-bond acceptors (Lipinski definition) is 6. The van der Waals surface area contributed by atoms with E-state index < -0.39 is 17.7 Å². The van der Waals surface area contributed by atoms with Crippen LogP contribution in [0.4, 0.5) is 21.6 Å². The first-order chi connectivity index (χ1) is 13.1. The molecule has 0 radical (unpaired) electrons. The number of aromatic nitrogens is 2. The summed E-state index contributed by atoms with van der Waals surface area (Å²) in [5.74, 6) is -1.04. The van der Waals surface area contributed by atoms with Crippen LogP contribution in [-0.4, -0.2) is 29.0 Å². The predicted octanol–water partition coefficient (Wildman–Crippen LogP) is 3.40. The zero-order chi connectivity index (χ0) is 19.2. The Kier molecular flexibility index (Phi) is 5.36. The van der Waals surface area contributed by atoms with Crippen LogP contribution in [-0.2, 0) is 4.74 Å². The lowest BCUT2D eigenvalue weighted by atomic mass is 10.2. The molecule has 0 spiro atoms. The molecule has 1 amide bonds. The van der Waals surface area contributed by atoms with Gasteiger partial charge in [-0.3, -0.25) is 4.79 Å². The molecule has 3 rings (SSSR count). The van der Waals surface area contributed by atoms with Gasteiger partial charge < -0.3 is 15.4 Å². The van der Waals surface area contributed by atoms with Gasteiger partial charge >= 0.3 is 5.97 Å². The average Bonchev–Trinajstić information content (AvgIpc) is 2.70. The Morgan fingerprint density at radius 3 is 2.37 bits per heavy atom. The highest BCUT2D eigenvalue weighted by atomic mass is 19.1. The molecule has 0 saturated carbocycles. The number of anilines is 3. The number of halogens is 1. The zero-order valence-electron chi connectivity index (χ0n) is 14.3. The van der Waals surface area contributed by atoms with Crippen molar-refractivity contribution in [3.63, 3.8) is 0 Å². The van der Waals surface area contributed by atoms with Crippen molar-refractivity contribution in [3.8, 4) is 0 Å². The molecule has 0 atom stereocenters. The third kappa shape index (κ3) is 4.43. The molecule has 3 aromatic rings. The molecule has 8 heteroatoms. The molecule has 0 saturated heterocycles. The number of methoxy groups -OCH3 is 1. The molecule has 1 heterocycles. The fourth-order valence-corrected chi connectivity index (χ4v) is 2.21. The summed E-state index contributed by atoms with van der Waals surface area (Å²) in [4.78, 5) is 31.7. The quantitative estimate of drug-likeness (QED) is 0.672. The molecular formula is C19H15FN4O3. The minimum absolute atomic E-state index is 0.0890. The SMILES string of the molecule is COC(=O)c1ccc(NC(=O)c2cnc(Nc3ccccc3F)cn2)cc1. The third-order valence-electron chi connectivity index (χ3n) is 3.58. The summed E-state index contributed by atoms with van der Waals surface area (Å²) in [7, 11) is 1.29. The molecule has 7 nitrogen and oxygen atoms in total. The van der Waals surface area contributed by atoms with Crippen molar-refractivity contribution in [2.24, 2.45) is 0 Å². The van der Waals surface area contributed by atoms with Crippen LogP contribution in [0.5, 0.6) is 0 Å². The number of carbonyl (C=O) groups excluding carboxylic acids is 2. The smallest absolute Gasteiger partial charge is 0.337 e. The van der Waals surface area contributed by atoms with Crippen LogP contribution in [0.1, 0.15) is 20.8 Å². The summed E-state index contributed by atoms with van der Waals surface area (Å²) in [5.41, 5.74) is 1.21. The van der Waals surface area contributed by atoms with Gasteiger partial charge in [-0.15, -0.1) is 0 Å². The van der Waals surface area contributed by atoms with E-state index in [1.165, 1.54) is 37.7 Å². The van der Waals surface area contributed by atoms with E-state index in [1.807, 2.05) is 0 Å². The van der Waals surface area contributed by atoms with Gasteiger partial charge in [-0.25, -0.2) is 19.2 Å². The first-order valence-corrected chi connectivity index (χ1v) is 7.90. The Hall–Kier alpha value is -3.81. The summed E-state index contributed by atoms with van der Waals surface area (Å²) in [6.45, 7) is 0. The highest BCUT2D eigenvalue weighted by Crippen LogP contribution is 2.17. The first-order valence-electron chi connectivity index (χ1n) is 7.90.